The summed E-state index contributed by atoms with van der Waals surface area (Å²) < 4.78 is 1.80. The predicted octanol–water partition coefficient (Wildman–Crippen LogP) is 2.93. The molecule has 25 heavy (non-hydrogen) atoms. The summed E-state index contributed by atoms with van der Waals surface area (Å²) in [6.45, 7) is 5.88. The van der Waals surface area contributed by atoms with Crippen LogP contribution < -0.4 is 10.2 Å². The average molecular weight is 363 g/mol. The van der Waals surface area contributed by atoms with E-state index in [9.17, 15) is 4.79 Å². The number of aryl methyl sites for hydroxylation is 1. The molecule has 1 fully saturated rings. The summed E-state index contributed by atoms with van der Waals surface area (Å²) in [6.07, 6.45) is 3.88. The van der Waals surface area contributed by atoms with Crippen molar-refractivity contribution in [1.82, 2.24) is 15.1 Å². The lowest BCUT2D eigenvalue weighted by molar-refractivity contribution is -0.121. The number of nitrogens with zero attached hydrogens (tertiary/aromatic N) is 3. The van der Waals surface area contributed by atoms with Gasteiger partial charge in [0.05, 0.1) is 12.1 Å². The number of carbonyl (C=O) groups is 1. The zero-order valence-corrected chi connectivity index (χ0v) is 16.1. The predicted molar refractivity (Wildman–Crippen MR) is 103 cm³/mol. The third-order valence-electron chi connectivity index (χ3n) is 4.96. The first-order valence-electron chi connectivity index (χ1n) is 8.54. The molecule has 2 heterocycles. The van der Waals surface area contributed by atoms with Gasteiger partial charge in [0.15, 0.2) is 0 Å². The van der Waals surface area contributed by atoms with E-state index in [0.29, 0.717) is 12.5 Å². The van der Waals surface area contributed by atoms with Crippen LogP contribution in [0.5, 0.6) is 0 Å². The Morgan fingerprint density at radius 1 is 1.28 bits per heavy atom. The molecule has 0 spiro atoms. The number of amides is 1. The van der Waals surface area contributed by atoms with E-state index in [-0.39, 0.29) is 30.2 Å². The maximum absolute atomic E-state index is 13.0. The van der Waals surface area contributed by atoms with Crippen molar-refractivity contribution in [3.05, 3.63) is 47.8 Å². The van der Waals surface area contributed by atoms with E-state index in [1.807, 2.05) is 38.6 Å². The SMILES string of the molecule is CC(C)c1ccc(N(C)C(=O)[C@H]2CNC[C@@H]2c2cnn(C)c2)cc1.Cl. The molecule has 0 aliphatic carbocycles. The molecular weight excluding hydrogens is 336 g/mol. The minimum atomic E-state index is -0.0519. The van der Waals surface area contributed by atoms with Gasteiger partial charge in [-0.25, -0.2) is 0 Å². The number of hydrogen-bond donors (Lipinski definition) is 1. The average Bonchev–Trinajstić information content (AvgIpc) is 3.22. The summed E-state index contributed by atoms with van der Waals surface area (Å²) in [5.41, 5.74) is 3.36. The summed E-state index contributed by atoms with van der Waals surface area (Å²) in [7, 11) is 3.77. The molecule has 0 saturated carbocycles. The van der Waals surface area contributed by atoms with E-state index in [2.05, 4.69) is 36.4 Å². The number of nitrogens with one attached hydrogen (secondary N) is 1. The fourth-order valence-corrected chi connectivity index (χ4v) is 3.38. The summed E-state index contributed by atoms with van der Waals surface area (Å²) in [6, 6.07) is 8.29. The van der Waals surface area contributed by atoms with Crippen LogP contribution in [0.15, 0.2) is 36.7 Å². The fourth-order valence-electron chi connectivity index (χ4n) is 3.38. The first-order valence-corrected chi connectivity index (χ1v) is 8.54. The Bertz CT molecular complexity index is 710. The monoisotopic (exact) mass is 362 g/mol. The minimum Gasteiger partial charge on any atom is -0.315 e. The zero-order valence-electron chi connectivity index (χ0n) is 15.3. The second kappa shape index (κ2) is 8.02. The fraction of sp³-hybridized carbons (Fsp3) is 0.474. The van der Waals surface area contributed by atoms with Crippen molar-refractivity contribution < 1.29 is 4.79 Å². The lowest BCUT2D eigenvalue weighted by Gasteiger charge is -2.24. The van der Waals surface area contributed by atoms with Gasteiger partial charge in [-0.3, -0.25) is 9.48 Å². The number of rotatable bonds is 4. The molecule has 3 rings (SSSR count). The second-order valence-corrected chi connectivity index (χ2v) is 6.96. The largest absolute Gasteiger partial charge is 0.315 e. The summed E-state index contributed by atoms with van der Waals surface area (Å²) in [5.74, 6) is 0.785. The van der Waals surface area contributed by atoms with Gasteiger partial charge in [0.25, 0.3) is 0 Å². The maximum Gasteiger partial charge on any atom is 0.231 e. The molecule has 0 bridgehead atoms. The van der Waals surface area contributed by atoms with Gasteiger partial charge in [-0.2, -0.15) is 5.10 Å². The first-order chi connectivity index (χ1) is 11.5. The summed E-state index contributed by atoms with van der Waals surface area (Å²) >= 11 is 0. The van der Waals surface area contributed by atoms with Gasteiger partial charge in [0, 0.05) is 45.0 Å². The van der Waals surface area contributed by atoms with Crippen LogP contribution in [0.2, 0.25) is 0 Å². The number of anilines is 1. The third kappa shape index (κ3) is 4.05. The molecule has 1 aromatic carbocycles. The maximum atomic E-state index is 13.0. The standard InChI is InChI=1S/C19H26N4O.ClH/c1-13(2)14-5-7-16(8-6-14)23(4)19(24)18-11-20-10-17(18)15-9-21-22(3)12-15;/h5-9,12-13,17-18,20H,10-11H2,1-4H3;1H/t17-,18+;/m1./s1. The van der Waals surface area contributed by atoms with Crippen molar-refractivity contribution in [1.29, 1.82) is 0 Å². The second-order valence-electron chi connectivity index (χ2n) is 6.96. The number of hydrogen-bond acceptors (Lipinski definition) is 3. The molecule has 1 saturated heterocycles. The molecule has 1 aliphatic heterocycles. The Kier molecular flexibility index (Phi) is 6.25. The minimum absolute atomic E-state index is 0. The number of benzene rings is 1. The topological polar surface area (TPSA) is 50.2 Å². The lowest BCUT2D eigenvalue weighted by Crippen LogP contribution is -2.36. The molecule has 1 aromatic heterocycles. The summed E-state index contributed by atoms with van der Waals surface area (Å²) in [4.78, 5) is 14.8. The van der Waals surface area contributed by atoms with Crippen molar-refractivity contribution in [3.63, 3.8) is 0 Å². The molecular formula is C19H27ClN4O. The third-order valence-corrected chi connectivity index (χ3v) is 4.96. The Hall–Kier alpha value is -1.85. The number of carbonyl (C=O) groups excluding carboxylic acids is 1. The number of aromatic nitrogens is 2. The molecule has 0 radical (unpaired) electrons. The van der Waals surface area contributed by atoms with E-state index in [0.717, 1.165) is 17.8 Å². The van der Waals surface area contributed by atoms with Gasteiger partial charge >= 0.3 is 0 Å². The van der Waals surface area contributed by atoms with Crippen LogP contribution in [0.1, 0.15) is 36.8 Å². The highest BCUT2D eigenvalue weighted by atomic mass is 35.5. The van der Waals surface area contributed by atoms with Gasteiger partial charge in [-0.1, -0.05) is 26.0 Å². The van der Waals surface area contributed by atoms with Crippen molar-refractivity contribution in [3.8, 4) is 0 Å². The molecule has 6 heteroatoms. The molecule has 1 aliphatic rings. The van der Waals surface area contributed by atoms with Crippen molar-refractivity contribution in [2.24, 2.45) is 13.0 Å². The van der Waals surface area contributed by atoms with E-state index in [1.54, 1.807) is 9.58 Å². The molecule has 1 N–H and O–H groups in total. The van der Waals surface area contributed by atoms with E-state index in [4.69, 9.17) is 0 Å². The lowest BCUT2D eigenvalue weighted by atomic mass is 9.89. The van der Waals surface area contributed by atoms with Crippen LogP contribution in [0, 0.1) is 5.92 Å². The Balaban J connectivity index is 0.00000225. The quantitative estimate of drug-likeness (QED) is 0.909. The van der Waals surface area contributed by atoms with E-state index in [1.165, 1.54) is 5.56 Å². The molecule has 2 atom stereocenters. The van der Waals surface area contributed by atoms with Gasteiger partial charge in [0.2, 0.25) is 5.91 Å². The Morgan fingerprint density at radius 2 is 1.96 bits per heavy atom. The van der Waals surface area contributed by atoms with Crippen LogP contribution in [0.3, 0.4) is 0 Å². The van der Waals surface area contributed by atoms with Gasteiger partial charge in [0.1, 0.15) is 0 Å². The van der Waals surface area contributed by atoms with Crippen LogP contribution in [-0.4, -0.2) is 35.8 Å². The highest BCUT2D eigenvalue weighted by molar-refractivity contribution is 5.95. The van der Waals surface area contributed by atoms with Crippen molar-refractivity contribution >= 4 is 24.0 Å². The highest BCUT2D eigenvalue weighted by Crippen LogP contribution is 2.30. The van der Waals surface area contributed by atoms with Crippen LogP contribution in [0.4, 0.5) is 5.69 Å². The molecule has 5 nitrogen and oxygen atoms in total. The van der Waals surface area contributed by atoms with Gasteiger partial charge in [-0.05, 0) is 29.2 Å². The van der Waals surface area contributed by atoms with Crippen molar-refractivity contribution in [2.45, 2.75) is 25.7 Å². The van der Waals surface area contributed by atoms with E-state index < -0.39 is 0 Å². The van der Waals surface area contributed by atoms with Crippen LogP contribution in [0.25, 0.3) is 0 Å². The van der Waals surface area contributed by atoms with Crippen LogP contribution in [-0.2, 0) is 11.8 Å². The molecule has 2 aromatic rings. The normalized spacial score (nSPS) is 19.7. The molecule has 136 valence electrons. The van der Waals surface area contributed by atoms with Gasteiger partial charge < -0.3 is 10.2 Å². The molecule has 0 unspecified atom stereocenters. The smallest absolute Gasteiger partial charge is 0.231 e. The summed E-state index contributed by atoms with van der Waals surface area (Å²) in [5, 5.41) is 7.61. The van der Waals surface area contributed by atoms with E-state index >= 15 is 0 Å². The first kappa shape index (κ1) is 19.5. The zero-order chi connectivity index (χ0) is 17.3. The Labute approximate surface area is 155 Å². The molecule has 1 amide bonds. The highest BCUT2D eigenvalue weighted by Gasteiger charge is 2.36. The Morgan fingerprint density at radius 3 is 2.52 bits per heavy atom. The van der Waals surface area contributed by atoms with Crippen LogP contribution >= 0.6 is 12.4 Å². The van der Waals surface area contributed by atoms with Crippen molar-refractivity contribution in [2.75, 3.05) is 25.0 Å². The van der Waals surface area contributed by atoms with Gasteiger partial charge in [-0.15, -0.1) is 12.4 Å². The number of halogens is 1.